The fraction of sp³-hybridized carbons (Fsp3) is 0.756. The summed E-state index contributed by atoms with van der Waals surface area (Å²) in [5.41, 5.74) is -1.96. The lowest BCUT2D eigenvalue weighted by atomic mass is 9.73. The van der Waals surface area contributed by atoms with Gasteiger partial charge in [0.05, 0.1) is 18.1 Å². The Kier molecular flexibility index (Phi) is 10.3. The molecular formula is C41H63N9O7S. The Hall–Kier alpha value is -3.83. The van der Waals surface area contributed by atoms with E-state index in [1.807, 2.05) is 41.5 Å². The van der Waals surface area contributed by atoms with Crippen molar-refractivity contribution in [3.63, 3.8) is 0 Å². The number of aromatic nitrogens is 2. The van der Waals surface area contributed by atoms with Gasteiger partial charge in [-0.3, -0.25) is 29.3 Å². The van der Waals surface area contributed by atoms with E-state index in [4.69, 9.17) is 0 Å². The third kappa shape index (κ3) is 6.76. The smallest absolute Gasteiger partial charge is 0.303 e. The van der Waals surface area contributed by atoms with Gasteiger partial charge in [-0.05, 0) is 60.2 Å². The Balaban J connectivity index is 1.14. The summed E-state index contributed by atoms with van der Waals surface area (Å²) in [5.74, 6) is -3.17. The zero-order valence-corrected chi connectivity index (χ0v) is 36.2. The van der Waals surface area contributed by atoms with E-state index in [-0.39, 0.29) is 28.6 Å². The van der Waals surface area contributed by atoms with Crippen LogP contribution in [0.3, 0.4) is 0 Å². The van der Waals surface area contributed by atoms with Gasteiger partial charge in [-0.25, -0.2) is 9.71 Å². The van der Waals surface area contributed by atoms with Crippen molar-refractivity contribution in [2.75, 3.05) is 19.6 Å². The van der Waals surface area contributed by atoms with E-state index in [2.05, 4.69) is 56.4 Å². The molecule has 16 nitrogen and oxygen atoms in total. The topological polar surface area (TPSA) is 215 Å². The van der Waals surface area contributed by atoms with Crippen molar-refractivity contribution < 1.29 is 32.4 Å². The summed E-state index contributed by atoms with van der Waals surface area (Å²) in [5, 5.41) is 12.1. The highest BCUT2D eigenvalue weighted by Gasteiger charge is 2.85. The van der Waals surface area contributed by atoms with Gasteiger partial charge in [0.15, 0.2) is 0 Å². The molecule has 7 atom stereocenters. The first kappa shape index (κ1) is 42.3. The summed E-state index contributed by atoms with van der Waals surface area (Å²) >= 11 is 0. The van der Waals surface area contributed by atoms with Gasteiger partial charge in [0.2, 0.25) is 23.6 Å². The number of aromatic amines is 1. The number of nitrogens with zero attached hydrogens (tertiary/aromatic N) is 3. The Bertz CT molecular complexity index is 1990. The Morgan fingerprint density at radius 1 is 0.931 bits per heavy atom. The molecule has 3 aliphatic heterocycles. The molecule has 2 spiro atoms. The number of hydrogen-bond acceptors (Lipinski definition) is 9. The molecule has 0 bridgehead atoms. The summed E-state index contributed by atoms with van der Waals surface area (Å²) < 4.78 is 29.8. The molecule has 3 saturated carbocycles. The molecule has 1 aromatic heterocycles. The number of carbonyl (C=O) groups excluding carboxylic acids is 5. The highest BCUT2D eigenvalue weighted by Crippen LogP contribution is 2.88. The number of amides is 5. The van der Waals surface area contributed by atoms with Crippen LogP contribution >= 0.6 is 0 Å². The summed E-state index contributed by atoms with van der Waals surface area (Å²) in [6.07, 6.45) is 8.49. The predicted molar refractivity (Wildman–Crippen MR) is 215 cm³/mol. The number of rotatable bonds is 11. The van der Waals surface area contributed by atoms with E-state index < -0.39 is 80.3 Å². The molecule has 6 N–H and O–H groups in total. The van der Waals surface area contributed by atoms with Gasteiger partial charge in [-0.15, -0.1) is 6.58 Å². The largest absolute Gasteiger partial charge is 0.348 e. The number of imidazole rings is 1. The van der Waals surface area contributed by atoms with Crippen LogP contribution in [0.2, 0.25) is 0 Å². The third-order valence-corrected chi connectivity index (χ3v) is 16.4. The number of nitrogens with one attached hydrogen (secondary N) is 6. The SMILES string of the molecule is C=C[C@@H]1C[C@]1(NC(=O)[C@@H]1C[C@@]2(CN1C(=O)[C@@H](NC(=O)[C@@H](NC(=O)[C@@H]1Cc3[nH]cnc3CN1)C(C)(C)C)C(C)(C)C)C(C)(C)C21CCC1)C(=O)NS(=O)(=O)N1CCCC1. The van der Waals surface area contributed by atoms with Crippen LogP contribution in [0, 0.1) is 33.0 Å². The highest BCUT2D eigenvalue weighted by molar-refractivity contribution is 7.87. The molecule has 2 saturated heterocycles. The van der Waals surface area contributed by atoms with Crippen LogP contribution in [0.1, 0.15) is 112 Å². The van der Waals surface area contributed by atoms with Gasteiger partial charge in [0.25, 0.3) is 5.91 Å². The summed E-state index contributed by atoms with van der Waals surface area (Å²) in [4.78, 5) is 80.6. The van der Waals surface area contributed by atoms with E-state index in [0.29, 0.717) is 51.9 Å². The van der Waals surface area contributed by atoms with E-state index >= 15 is 4.79 Å². The molecule has 5 fully saturated rings. The van der Waals surface area contributed by atoms with Crippen molar-refractivity contribution in [3.05, 3.63) is 30.4 Å². The van der Waals surface area contributed by atoms with Crippen LogP contribution in [0.4, 0.5) is 0 Å². The standard InChI is InChI=1S/C41H63N9O7S/c1-10-24-19-41(24,35(55)48-58(56,57)49-16-11-12-17-49)47-32(52)28-20-40(38(8,9)39(40)14-13-15-39)22-50(28)34(54)30(37(5,6)7)46-33(53)29(36(2,3)4)45-31(51)26-18-25-27(21-42-26)44-23-43-25/h10,23-24,26,28-30,42H,1,11-22H2,2-9H3,(H,43,44)(H,45,51)(H,46,53)(H,47,52)(H,48,55)/t24-,26+,28+,29-,30-,40-,41-/m1/s1. The molecule has 0 aromatic carbocycles. The molecule has 17 heteroatoms. The maximum Gasteiger partial charge on any atom is 0.303 e. The van der Waals surface area contributed by atoms with Crippen molar-refractivity contribution in [3.8, 4) is 0 Å². The van der Waals surface area contributed by atoms with Crippen molar-refractivity contribution in [2.45, 2.75) is 143 Å². The number of likely N-dealkylation sites (tertiary alicyclic amines) is 1. The molecule has 7 rings (SSSR count). The van der Waals surface area contributed by atoms with E-state index in [1.54, 1.807) is 17.3 Å². The van der Waals surface area contributed by atoms with E-state index in [9.17, 15) is 27.6 Å². The maximum absolute atomic E-state index is 15.1. The number of carbonyl (C=O) groups is 5. The predicted octanol–water partition coefficient (Wildman–Crippen LogP) is 1.80. The normalized spacial score (nSPS) is 30.8. The lowest BCUT2D eigenvalue weighted by Crippen LogP contribution is -2.64. The van der Waals surface area contributed by atoms with Crippen molar-refractivity contribution in [2.24, 2.45) is 33.0 Å². The van der Waals surface area contributed by atoms with E-state index in [0.717, 1.165) is 30.7 Å². The van der Waals surface area contributed by atoms with Gasteiger partial charge < -0.3 is 25.8 Å². The molecule has 320 valence electrons. The molecular weight excluding hydrogens is 763 g/mol. The van der Waals surface area contributed by atoms with Crippen LogP contribution in [-0.2, 0) is 47.1 Å². The summed E-state index contributed by atoms with van der Waals surface area (Å²) in [6, 6.07) is -3.67. The van der Waals surface area contributed by atoms with Gasteiger partial charge in [0.1, 0.15) is 23.7 Å². The second-order valence-corrected chi connectivity index (χ2v) is 22.1. The lowest BCUT2D eigenvalue weighted by Gasteiger charge is -2.38. The number of fused-ring (bicyclic) bond motifs is 2. The van der Waals surface area contributed by atoms with Crippen LogP contribution < -0.4 is 26.0 Å². The second kappa shape index (κ2) is 14.1. The first-order valence-electron chi connectivity index (χ1n) is 20.9. The Morgan fingerprint density at radius 2 is 1.59 bits per heavy atom. The second-order valence-electron chi connectivity index (χ2n) is 20.5. The molecule has 6 aliphatic rings. The number of H-pyrrole nitrogens is 1. The van der Waals surface area contributed by atoms with Crippen molar-refractivity contribution in [1.29, 1.82) is 0 Å². The summed E-state index contributed by atoms with van der Waals surface area (Å²) in [7, 11) is -4.12. The summed E-state index contributed by atoms with van der Waals surface area (Å²) in [6.45, 7) is 20.7. The molecule has 3 aliphatic carbocycles. The zero-order valence-electron chi connectivity index (χ0n) is 35.3. The fourth-order valence-corrected chi connectivity index (χ4v) is 12.2. The van der Waals surface area contributed by atoms with Crippen LogP contribution in [0.5, 0.6) is 0 Å². The zero-order chi connectivity index (χ0) is 42.4. The Labute approximate surface area is 342 Å². The molecule has 4 heterocycles. The molecule has 0 radical (unpaired) electrons. The first-order chi connectivity index (χ1) is 26.9. The molecule has 5 amide bonds. The molecule has 0 unspecified atom stereocenters. The average Bonchev–Trinajstić information content (AvgIpc) is 3.54. The first-order valence-corrected chi connectivity index (χ1v) is 22.3. The van der Waals surface area contributed by atoms with Gasteiger partial charge in [0, 0.05) is 49.6 Å². The van der Waals surface area contributed by atoms with Crippen LogP contribution in [0.25, 0.3) is 0 Å². The highest BCUT2D eigenvalue weighted by atomic mass is 32.2. The Morgan fingerprint density at radius 3 is 2.14 bits per heavy atom. The van der Waals surface area contributed by atoms with E-state index in [1.165, 1.54) is 4.31 Å². The van der Waals surface area contributed by atoms with Gasteiger partial charge in [-0.2, -0.15) is 12.7 Å². The van der Waals surface area contributed by atoms with Gasteiger partial charge in [-0.1, -0.05) is 67.9 Å². The minimum atomic E-state index is -4.12. The third-order valence-electron chi connectivity index (χ3n) is 14.9. The quantitative estimate of drug-likeness (QED) is 0.179. The van der Waals surface area contributed by atoms with Crippen molar-refractivity contribution in [1.82, 2.24) is 45.2 Å². The number of hydrogen-bond donors (Lipinski definition) is 6. The van der Waals surface area contributed by atoms with Crippen molar-refractivity contribution >= 4 is 39.7 Å². The maximum atomic E-state index is 15.1. The van der Waals surface area contributed by atoms with Crippen LogP contribution in [0.15, 0.2) is 19.0 Å². The minimum Gasteiger partial charge on any atom is -0.348 e. The average molecular weight is 826 g/mol. The minimum absolute atomic E-state index is 0.0398. The van der Waals surface area contributed by atoms with Gasteiger partial charge >= 0.3 is 10.2 Å². The fourth-order valence-electron chi connectivity index (χ4n) is 10.9. The van der Waals surface area contributed by atoms with Crippen LogP contribution in [-0.4, -0.2) is 106 Å². The lowest BCUT2D eigenvalue weighted by molar-refractivity contribution is -0.145. The molecule has 1 aromatic rings. The molecule has 58 heavy (non-hydrogen) atoms. The monoisotopic (exact) mass is 825 g/mol.